The molecule has 0 spiro atoms. The average molecular weight is 467 g/mol. The number of anilines is 1. The van der Waals surface area contributed by atoms with Gasteiger partial charge < -0.3 is 10.1 Å². The minimum absolute atomic E-state index is 0.131. The maximum absolute atomic E-state index is 12.6. The molecule has 0 saturated heterocycles. The molecular formula is C26H30N2O4S. The Bertz CT molecular complexity index is 1190. The van der Waals surface area contributed by atoms with E-state index in [1.165, 1.54) is 23.2 Å². The van der Waals surface area contributed by atoms with Crippen molar-refractivity contribution in [3.05, 3.63) is 95.1 Å². The highest BCUT2D eigenvalue weighted by molar-refractivity contribution is 7.92. The van der Waals surface area contributed by atoms with Crippen LogP contribution in [-0.2, 0) is 16.6 Å². The van der Waals surface area contributed by atoms with Crippen molar-refractivity contribution in [2.45, 2.75) is 26.3 Å². The smallest absolute Gasteiger partial charge is 0.251 e. The van der Waals surface area contributed by atoms with Crippen LogP contribution in [0.15, 0.2) is 72.8 Å². The lowest BCUT2D eigenvalue weighted by molar-refractivity contribution is 0.0951. The predicted molar refractivity (Wildman–Crippen MR) is 132 cm³/mol. The van der Waals surface area contributed by atoms with Gasteiger partial charge in [0, 0.05) is 12.1 Å². The number of aryl methyl sites for hydroxylation is 1. The summed E-state index contributed by atoms with van der Waals surface area (Å²) in [5.74, 6) is 0.515. The Kier molecular flexibility index (Phi) is 7.76. The van der Waals surface area contributed by atoms with Crippen LogP contribution in [0.25, 0.3) is 0 Å². The van der Waals surface area contributed by atoms with Gasteiger partial charge in [-0.05, 0) is 53.8 Å². The first-order valence-electron chi connectivity index (χ1n) is 10.7. The summed E-state index contributed by atoms with van der Waals surface area (Å²) in [4.78, 5) is 12.6. The molecule has 3 aromatic rings. The largest absolute Gasteiger partial charge is 0.495 e. The molecule has 0 aliphatic carbocycles. The Labute approximate surface area is 196 Å². The second-order valence-electron chi connectivity index (χ2n) is 8.16. The fraction of sp³-hybridized carbons (Fsp3) is 0.269. The van der Waals surface area contributed by atoms with Crippen molar-refractivity contribution in [3.63, 3.8) is 0 Å². The Morgan fingerprint density at radius 1 is 1.03 bits per heavy atom. The molecule has 0 heterocycles. The highest BCUT2D eigenvalue weighted by Crippen LogP contribution is 2.32. The number of carbonyl (C=O) groups is 1. The van der Waals surface area contributed by atoms with E-state index >= 15 is 0 Å². The molecule has 0 aliphatic heterocycles. The summed E-state index contributed by atoms with van der Waals surface area (Å²) >= 11 is 0. The van der Waals surface area contributed by atoms with Crippen molar-refractivity contribution < 1.29 is 17.9 Å². The first-order chi connectivity index (χ1) is 15.7. The van der Waals surface area contributed by atoms with Crippen LogP contribution in [0.4, 0.5) is 5.69 Å². The van der Waals surface area contributed by atoms with Crippen molar-refractivity contribution in [2.24, 2.45) is 0 Å². The highest BCUT2D eigenvalue weighted by atomic mass is 32.2. The van der Waals surface area contributed by atoms with E-state index in [1.54, 1.807) is 36.4 Å². The molecule has 0 saturated carbocycles. The molecule has 174 valence electrons. The normalized spacial score (nSPS) is 12.1. The van der Waals surface area contributed by atoms with Crippen LogP contribution in [0.5, 0.6) is 5.75 Å². The molecule has 0 aromatic heterocycles. The molecule has 0 bridgehead atoms. The lowest BCUT2D eigenvalue weighted by Gasteiger charge is -2.25. The van der Waals surface area contributed by atoms with E-state index in [9.17, 15) is 13.2 Å². The van der Waals surface area contributed by atoms with Crippen molar-refractivity contribution in [1.29, 1.82) is 0 Å². The number of methoxy groups -OCH3 is 1. The van der Waals surface area contributed by atoms with Gasteiger partial charge in [-0.2, -0.15) is 0 Å². The fourth-order valence-electron chi connectivity index (χ4n) is 3.55. The number of ether oxygens (including phenoxy) is 1. The summed E-state index contributed by atoms with van der Waals surface area (Å²) in [5, 5.41) is 2.97. The van der Waals surface area contributed by atoms with Gasteiger partial charge in [-0.1, -0.05) is 55.5 Å². The lowest BCUT2D eigenvalue weighted by Crippen LogP contribution is -2.30. The van der Waals surface area contributed by atoms with E-state index < -0.39 is 10.0 Å². The lowest BCUT2D eigenvalue weighted by atomic mass is 10.0. The highest BCUT2D eigenvalue weighted by Gasteiger charge is 2.22. The van der Waals surface area contributed by atoms with Crippen LogP contribution in [0.3, 0.4) is 0 Å². The van der Waals surface area contributed by atoms with E-state index in [4.69, 9.17) is 4.74 Å². The zero-order chi connectivity index (χ0) is 24.0. The second kappa shape index (κ2) is 10.5. The third-order valence-corrected chi connectivity index (χ3v) is 6.61. The van der Waals surface area contributed by atoms with Gasteiger partial charge in [0.25, 0.3) is 5.91 Å². The van der Waals surface area contributed by atoms with Gasteiger partial charge in [-0.25, -0.2) is 8.42 Å². The summed E-state index contributed by atoms with van der Waals surface area (Å²) in [6.07, 6.45) is 1.17. The molecule has 7 heteroatoms. The van der Waals surface area contributed by atoms with E-state index in [0.29, 0.717) is 23.5 Å². The molecule has 1 amide bonds. The molecule has 3 aromatic carbocycles. The summed E-state index contributed by atoms with van der Waals surface area (Å²) in [5.41, 5.74) is 3.87. The van der Waals surface area contributed by atoms with Gasteiger partial charge in [-0.3, -0.25) is 9.10 Å². The number of sulfonamides is 1. The van der Waals surface area contributed by atoms with Gasteiger partial charge in [0.1, 0.15) is 5.75 Å². The zero-order valence-corrected chi connectivity index (χ0v) is 20.2. The molecule has 1 N–H and O–H groups in total. The number of nitrogens with zero attached hydrogens (tertiary/aromatic N) is 1. The molecule has 0 unspecified atom stereocenters. The topological polar surface area (TPSA) is 75.7 Å². The SMILES string of the molecule is COc1ccc(C)cc1N(Cc1ccc(C(=O)NC[C@@H](C)c2ccccc2)cc1)S(C)(=O)=O. The maximum atomic E-state index is 12.6. The van der Waals surface area contributed by atoms with Crippen LogP contribution < -0.4 is 14.4 Å². The number of benzene rings is 3. The second-order valence-corrected chi connectivity index (χ2v) is 10.1. The van der Waals surface area contributed by atoms with Crippen molar-refractivity contribution in [2.75, 3.05) is 24.2 Å². The third kappa shape index (κ3) is 6.35. The fourth-order valence-corrected chi connectivity index (χ4v) is 4.43. The van der Waals surface area contributed by atoms with E-state index in [-0.39, 0.29) is 18.4 Å². The Morgan fingerprint density at radius 2 is 1.70 bits per heavy atom. The first-order valence-corrected chi connectivity index (χ1v) is 12.6. The number of hydrogen-bond donors (Lipinski definition) is 1. The van der Waals surface area contributed by atoms with Gasteiger partial charge in [0.15, 0.2) is 0 Å². The average Bonchev–Trinajstić information content (AvgIpc) is 2.81. The Morgan fingerprint density at radius 3 is 2.30 bits per heavy atom. The molecule has 33 heavy (non-hydrogen) atoms. The maximum Gasteiger partial charge on any atom is 0.251 e. The number of carbonyl (C=O) groups excluding carboxylic acids is 1. The van der Waals surface area contributed by atoms with Crippen molar-refractivity contribution in [3.8, 4) is 5.75 Å². The number of amides is 1. The minimum Gasteiger partial charge on any atom is -0.495 e. The number of nitrogens with one attached hydrogen (secondary N) is 1. The molecule has 6 nitrogen and oxygen atoms in total. The van der Waals surface area contributed by atoms with Crippen LogP contribution >= 0.6 is 0 Å². The molecule has 0 aliphatic rings. The van der Waals surface area contributed by atoms with Crippen molar-refractivity contribution in [1.82, 2.24) is 5.32 Å². The predicted octanol–water partition coefficient (Wildman–Crippen LogP) is 4.50. The Hall–Kier alpha value is -3.32. The molecule has 0 fully saturated rings. The first kappa shape index (κ1) is 24.3. The van der Waals surface area contributed by atoms with Gasteiger partial charge >= 0.3 is 0 Å². The van der Waals surface area contributed by atoms with Crippen molar-refractivity contribution >= 4 is 21.6 Å². The van der Waals surface area contributed by atoms with Crippen LogP contribution in [-0.4, -0.2) is 34.2 Å². The molecular weight excluding hydrogens is 436 g/mol. The van der Waals surface area contributed by atoms with Crippen LogP contribution in [0.1, 0.15) is 39.9 Å². The van der Waals surface area contributed by atoms with Gasteiger partial charge in [-0.15, -0.1) is 0 Å². The third-order valence-electron chi connectivity index (χ3n) is 5.48. The molecule has 1 atom stereocenters. The van der Waals surface area contributed by atoms with E-state index in [0.717, 1.165) is 11.1 Å². The quantitative estimate of drug-likeness (QED) is 0.504. The van der Waals surface area contributed by atoms with Crippen LogP contribution in [0, 0.1) is 6.92 Å². The summed E-state index contributed by atoms with van der Waals surface area (Å²) in [6.45, 7) is 4.62. The summed E-state index contributed by atoms with van der Waals surface area (Å²) in [6, 6.07) is 22.4. The van der Waals surface area contributed by atoms with Gasteiger partial charge in [0.05, 0.1) is 25.6 Å². The minimum atomic E-state index is -3.56. The summed E-state index contributed by atoms with van der Waals surface area (Å²) < 4.78 is 31.8. The number of rotatable bonds is 9. The number of hydrogen-bond acceptors (Lipinski definition) is 4. The molecule has 0 radical (unpaired) electrons. The zero-order valence-electron chi connectivity index (χ0n) is 19.4. The Balaban J connectivity index is 1.72. The summed E-state index contributed by atoms with van der Waals surface area (Å²) in [7, 11) is -2.05. The monoisotopic (exact) mass is 466 g/mol. The standard InChI is InChI=1S/C26H30N2O4S/c1-19-10-15-25(32-3)24(16-19)28(33(4,30)31)18-21-11-13-23(14-12-21)26(29)27-17-20(2)22-8-6-5-7-9-22/h5-16,20H,17-18H2,1-4H3,(H,27,29)/t20-/m1/s1. The molecule has 3 rings (SSSR count). The van der Waals surface area contributed by atoms with E-state index in [1.807, 2.05) is 43.3 Å². The van der Waals surface area contributed by atoms with Gasteiger partial charge in [0.2, 0.25) is 10.0 Å². The van der Waals surface area contributed by atoms with Crippen LogP contribution in [0.2, 0.25) is 0 Å². The van der Waals surface area contributed by atoms with E-state index in [2.05, 4.69) is 12.2 Å².